The summed E-state index contributed by atoms with van der Waals surface area (Å²) in [5, 5.41) is 17.9. The van der Waals surface area contributed by atoms with Crippen LogP contribution in [-0.2, 0) is 32.0 Å². The van der Waals surface area contributed by atoms with E-state index in [-0.39, 0.29) is 39.3 Å². The third kappa shape index (κ3) is 12.2. The van der Waals surface area contributed by atoms with E-state index in [0.717, 1.165) is 29.7 Å². The number of nitrogens with two attached hydrogens (primary N) is 3. The van der Waals surface area contributed by atoms with Gasteiger partial charge in [0.1, 0.15) is 48.9 Å². The van der Waals surface area contributed by atoms with Crippen molar-refractivity contribution in [2.45, 2.75) is 89.4 Å². The molecule has 15 nitrogen and oxygen atoms in total. The van der Waals surface area contributed by atoms with Gasteiger partial charge in [-0.15, -0.1) is 0 Å². The van der Waals surface area contributed by atoms with Gasteiger partial charge < -0.3 is 52.6 Å². The lowest BCUT2D eigenvalue weighted by Gasteiger charge is -2.32. The number of carboxylic acid groups (broad SMARTS) is 1. The van der Waals surface area contributed by atoms with Crippen LogP contribution in [-0.4, -0.2) is 97.6 Å². The van der Waals surface area contributed by atoms with E-state index in [0.29, 0.717) is 39.3 Å². The standard InChI is InChI=1S/C43H59N7O8/c1-4-5-6-7-8-9-10-28-11-14-30(15-12-28)40(52)49-35(26-46)42(54)50(3)38-31-16-18-37(58-22-20-45)33(25-31)32-23-29(13-17-36(32)57-21-19-44)24-34(43(55)56)48-39(51)27(2)47-41(38)53/h11-18,23,25,27,34-35,38H,4-10,19-22,24,26,44-46H2,1-3H3,(H,47,53)(H,48,51)(H,49,52)(H,55,56). The molecule has 0 aromatic heterocycles. The van der Waals surface area contributed by atoms with Gasteiger partial charge in [0.25, 0.3) is 5.91 Å². The fourth-order valence-corrected chi connectivity index (χ4v) is 6.84. The summed E-state index contributed by atoms with van der Waals surface area (Å²) in [6.45, 7) is 4.05. The van der Waals surface area contributed by atoms with Gasteiger partial charge in [0.2, 0.25) is 17.7 Å². The zero-order chi connectivity index (χ0) is 42.2. The Morgan fingerprint density at radius 1 is 0.845 bits per heavy atom. The van der Waals surface area contributed by atoms with Crippen LogP contribution >= 0.6 is 0 Å². The summed E-state index contributed by atoms with van der Waals surface area (Å²) in [6, 6.07) is 12.1. The lowest BCUT2D eigenvalue weighted by molar-refractivity contribution is -0.143. The highest BCUT2D eigenvalue weighted by molar-refractivity contribution is 5.99. The fourth-order valence-electron chi connectivity index (χ4n) is 6.84. The van der Waals surface area contributed by atoms with E-state index in [9.17, 15) is 29.1 Å². The number of fused-ring (bicyclic) bond motifs is 5. The molecular weight excluding hydrogens is 743 g/mol. The Kier molecular flexibility index (Phi) is 17.5. The number of aryl methyl sites for hydroxylation is 1. The molecule has 0 radical (unpaired) electrons. The van der Waals surface area contributed by atoms with E-state index < -0.39 is 53.8 Å². The number of unbranched alkanes of at least 4 members (excludes halogenated alkanes) is 5. The summed E-state index contributed by atoms with van der Waals surface area (Å²) in [5.74, 6) is -3.17. The van der Waals surface area contributed by atoms with E-state index >= 15 is 0 Å². The van der Waals surface area contributed by atoms with Gasteiger partial charge in [-0.3, -0.25) is 19.2 Å². The van der Waals surface area contributed by atoms with E-state index in [1.54, 1.807) is 48.5 Å². The van der Waals surface area contributed by atoms with Crippen molar-refractivity contribution in [2.75, 3.05) is 39.9 Å². The maximum atomic E-state index is 14.3. The number of amides is 4. The second kappa shape index (κ2) is 22.4. The highest BCUT2D eigenvalue weighted by Crippen LogP contribution is 2.40. The fraction of sp³-hybridized carbons (Fsp3) is 0.465. The summed E-state index contributed by atoms with van der Waals surface area (Å²) in [6.07, 6.45) is 7.92. The number of hydrogen-bond acceptors (Lipinski definition) is 10. The summed E-state index contributed by atoms with van der Waals surface area (Å²) in [7, 11) is 1.40. The molecule has 0 fully saturated rings. The Morgan fingerprint density at radius 3 is 2.09 bits per heavy atom. The van der Waals surface area contributed by atoms with Crippen LogP contribution in [0, 0.1) is 0 Å². The lowest BCUT2D eigenvalue weighted by atomic mass is 9.93. The second-order valence-electron chi connectivity index (χ2n) is 14.5. The minimum absolute atomic E-state index is 0.0833. The van der Waals surface area contributed by atoms with Crippen LogP contribution in [0.5, 0.6) is 11.5 Å². The van der Waals surface area contributed by atoms with E-state index in [4.69, 9.17) is 26.7 Å². The van der Waals surface area contributed by atoms with Gasteiger partial charge in [-0.25, -0.2) is 4.79 Å². The zero-order valence-electron chi connectivity index (χ0n) is 33.8. The van der Waals surface area contributed by atoms with Crippen molar-refractivity contribution >= 4 is 29.6 Å². The number of carbonyl (C=O) groups is 5. The van der Waals surface area contributed by atoms with Crippen LogP contribution in [0.4, 0.5) is 0 Å². The van der Waals surface area contributed by atoms with Crippen molar-refractivity contribution in [1.29, 1.82) is 0 Å². The van der Waals surface area contributed by atoms with Crippen molar-refractivity contribution in [2.24, 2.45) is 17.2 Å². The van der Waals surface area contributed by atoms with Gasteiger partial charge in [-0.1, -0.05) is 63.3 Å². The molecule has 0 aliphatic carbocycles. The molecule has 1 heterocycles. The molecule has 3 aromatic rings. The number of hydrogen-bond donors (Lipinski definition) is 7. The first-order valence-corrected chi connectivity index (χ1v) is 20.0. The number of likely N-dealkylation sites (N-methyl/N-ethyl adjacent to an activating group) is 1. The van der Waals surface area contributed by atoms with Crippen LogP contribution in [0.3, 0.4) is 0 Å². The van der Waals surface area contributed by atoms with E-state index in [2.05, 4.69) is 22.9 Å². The number of carboxylic acids is 1. The number of nitrogens with one attached hydrogen (secondary N) is 3. The molecule has 3 aromatic carbocycles. The van der Waals surface area contributed by atoms with Gasteiger partial charge in [0.15, 0.2) is 0 Å². The number of ether oxygens (including phenoxy) is 2. The Balaban J connectivity index is 1.71. The average molecular weight is 802 g/mol. The van der Waals surface area contributed by atoms with Crippen LogP contribution in [0.1, 0.15) is 85.5 Å². The topological polar surface area (TPSA) is 241 Å². The number of carbonyl (C=O) groups excluding carboxylic acids is 4. The summed E-state index contributed by atoms with van der Waals surface area (Å²) >= 11 is 0. The minimum Gasteiger partial charge on any atom is -0.492 e. The van der Waals surface area contributed by atoms with Crippen molar-refractivity contribution < 1.29 is 38.6 Å². The molecule has 10 N–H and O–H groups in total. The molecule has 4 amide bonds. The normalized spacial score (nSPS) is 17.2. The van der Waals surface area contributed by atoms with E-state index in [1.807, 2.05) is 12.1 Å². The molecular formula is C43H59N7O8. The largest absolute Gasteiger partial charge is 0.492 e. The highest BCUT2D eigenvalue weighted by Gasteiger charge is 2.36. The van der Waals surface area contributed by atoms with Crippen LogP contribution in [0.2, 0.25) is 0 Å². The lowest BCUT2D eigenvalue weighted by Crippen LogP contribution is -2.56. The Bertz CT molecular complexity index is 1870. The monoisotopic (exact) mass is 801 g/mol. The molecule has 15 heteroatoms. The smallest absolute Gasteiger partial charge is 0.326 e. The Hall–Kier alpha value is -5.51. The zero-order valence-corrected chi connectivity index (χ0v) is 33.8. The maximum absolute atomic E-state index is 14.3. The van der Waals surface area contributed by atoms with Gasteiger partial charge in [0.05, 0.1) is 0 Å². The quantitative estimate of drug-likeness (QED) is 0.0870. The molecule has 0 saturated heterocycles. The molecule has 58 heavy (non-hydrogen) atoms. The highest BCUT2D eigenvalue weighted by atomic mass is 16.5. The molecule has 0 spiro atoms. The minimum atomic E-state index is -1.37. The van der Waals surface area contributed by atoms with Crippen molar-refractivity contribution in [1.82, 2.24) is 20.9 Å². The average Bonchev–Trinajstić information content (AvgIpc) is 3.22. The molecule has 1 aliphatic rings. The molecule has 0 saturated carbocycles. The van der Waals surface area contributed by atoms with Crippen LogP contribution in [0.15, 0.2) is 60.7 Å². The van der Waals surface area contributed by atoms with Crippen LogP contribution < -0.4 is 42.6 Å². The second-order valence-corrected chi connectivity index (χ2v) is 14.5. The summed E-state index contributed by atoms with van der Waals surface area (Å²) in [5.41, 5.74) is 20.9. The van der Waals surface area contributed by atoms with Gasteiger partial charge in [-0.05, 0) is 72.9 Å². The first-order valence-electron chi connectivity index (χ1n) is 20.0. The van der Waals surface area contributed by atoms with Gasteiger partial charge >= 0.3 is 5.97 Å². The van der Waals surface area contributed by atoms with Gasteiger partial charge in [0, 0.05) is 49.8 Å². The summed E-state index contributed by atoms with van der Waals surface area (Å²) < 4.78 is 12.0. The predicted molar refractivity (Wildman–Crippen MR) is 221 cm³/mol. The maximum Gasteiger partial charge on any atom is 0.326 e. The first-order chi connectivity index (χ1) is 27.9. The molecule has 4 atom stereocenters. The van der Waals surface area contributed by atoms with Crippen molar-refractivity contribution in [3.05, 3.63) is 82.9 Å². The first kappa shape index (κ1) is 45.2. The molecule has 1 aliphatic heterocycles. The molecule has 4 rings (SSSR count). The molecule has 4 unspecified atom stereocenters. The predicted octanol–water partition coefficient (Wildman–Crippen LogP) is 2.82. The SMILES string of the molecule is CCCCCCCCc1ccc(C(=O)NC(CN)C(=O)N(C)C2C(=O)NC(C)C(=O)NC(C(=O)O)Cc3ccc(OCCN)c(c3)-c3cc2ccc3OCCN)cc1. The Morgan fingerprint density at radius 2 is 1.47 bits per heavy atom. The molecule has 4 bridgehead atoms. The number of benzene rings is 3. The van der Waals surface area contributed by atoms with Crippen molar-refractivity contribution in [3.63, 3.8) is 0 Å². The number of aliphatic carboxylic acids is 1. The van der Waals surface area contributed by atoms with Gasteiger partial charge in [-0.2, -0.15) is 0 Å². The Labute approximate surface area is 340 Å². The van der Waals surface area contributed by atoms with Crippen LogP contribution in [0.25, 0.3) is 11.1 Å². The number of rotatable bonds is 19. The third-order valence-corrected chi connectivity index (χ3v) is 10.1. The van der Waals surface area contributed by atoms with E-state index in [1.165, 1.54) is 39.7 Å². The molecule has 314 valence electrons. The number of nitrogens with zero attached hydrogens (tertiary/aromatic N) is 1. The third-order valence-electron chi connectivity index (χ3n) is 10.1. The summed E-state index contributed by atoms with van der Waals surface area (Å²) in [4.78, 5) is 68.8. The van der Waals surface area contributed by atoms with Crippen molar-refractivity contribution in [3.8, 4) is 22.6 Å².